The van der Waals surface area contributed by atoms with Gasteiger partial charge in [-0.25, -0.2) is 9.97 Å². The number of hydrogen-bond acceptors (Lipinski definition) is 5. The van der Waals surface area contributed by atoms with Gasteiger partial charge in [0.1, 0.15) is 11.6 Å². The average molecular weight is 254 g/mol. The standard InChI is InChI=1S/C9H13N3O.C2H6NP/c1-8-10-3-2-9(11-8)12-4-6-13-7-5-12;1-2-3-4/h2-3H,4-7H2,1H3;4H,2H2,1H3. The van der Waals surface area contributed by atoms with Gasteiger partial charge in [-0.1, -0.05) is 0 Å². The summed E-state index contributed by atoms with van der Waals surface area (Å²) in [5.41, 5.74) is 0. The monoisotopic (exact) mass is 254 g/mol. The Hall–Kier alpha value is -1.06. The molecule has 1 fully saturated rings. The van der Waals surface area contributed by atoms with Crippen molar-refractivity contribution in [3.8, 4) is 0 Å². The van der Waals surface area contributed by atoms with Crippen molar-refractivity contribution in [1.29, 1.82) is 0 Å². The Balaban J connectivity index is 0.000000317. The molecule has 2 heterocycles. The Bertz CT molecular complexity index is 342. The first-order chi connectivity index (χ1) is 8.27. The number of ether oxygens (including phenoxy) is 1. The highest BCUT2D eigenvalue weighted by Crippen LogP contribution is 2.10. The topological polar surface area (TPSA) is 50.6 Å². The smallest absolute Gasteiger partial charge is 0.132 e. The molecule has 0 bridgehead atoms. The molecule has 1 aromatic rings. The fraction of sp³-hybridized carbons (Fsp3) is 0.636. The van der Waals surface area contributed by atoms with Crippen LogP contribution in [0.3, 0.4) is 0 Å². The minimum atomic E-state index is 0.795. The summed E-state index contributed by atoms with van der Waals surface area (Å²) in [7, 11) is 2.91. The first kappa shape index (κ1) is 14.0. The summed E-state index contributed by atoms with van der Waals surface area (Å²) in [4.78, 5) is 10.6. The lowest BCUT2D eigenvalue weighted by Gasteiger charge is -2.27. The van der Waals surface area contributed by atoms with Crippen molar-refractivity contribution in [3.63, 3.8) is 0 Å². The second-order valence-electron chi connectivity index (χ2n) is 3.54. The number of aromatic nitrogens is 2. The summed E-state index contributed by atoms with van der Waals surface area (Å²) >= 11 is 0. The molecule has 0 atom stereocenters. The van der Waals surface area contributed by atoms with E-state index in [1.165, 1.54) is 0 Å². The van der Waals surface area contributed by atoms with Crippen molar-refractivity contribution in [2.24, 2.45) is 4.74 Å². The number of anilines is 1. The van der Waals surface area contributed by atoms with Gasteiger partial charge < -0.3 is 9.64 Å². The molecule has 5 nitrogen and oxygen atoms in total. The zero-order valence-corrected chi connectivity index (χ0v) is 11.4. The van der Waals surface area contributed by atoms with Crippen LogP contribution in [0.5, 0.6) is 0 Å². The summed E-state index contributed by atoms with van der Waals surface area (Å²) in [6.07, 6.45) is 1.80. The largest absolute Gasteiger partial charge is 0.378 e. The van der Waals surface area contributed by atoms with Gasteiger partial charge in [-0.05, 0) is 28.9 Å². The van der Waals surface area contributed by atoms with E-state index in [0.29, 0.717) is 0 Å². The lowest BCUT2D eigenvalue weighted by Crippen LogP contribution is -2.36. The molecule has 1 aliphatic rings. The third-order valence-corrected chi connectivity index (χ3v) is 2.57. The van der Waals surface area contributed by atoms with Gasteiger partial charge >= 0.3 is 0 Å². The Morgan fingerprint density at radius 1 is 1.47 bits per heavy atom. The Morgan fingerprint density at radius 2 is 2.12 bits per heavy atom. The summed E-state index contributed by atoms with van der Waals surface area (Å²) in [5.74, 6) is 1.83. The molecular formula is C11H19N4OP. The molecule has 0 amide bonds. The van der Waals surface area contributed by atoms with E-state index in [4.69, 9.17) is 4.74 Å². The first-order valence-corrected chi connectivity index (χ1v) is 6.18. The van der Waals surface area contributed by atoms with Gasteiger partial charge in [0.2, 0.25) is 0 Å². The Kier molecular flexibility index (Phi) is 6.67. The Morgan fingerprint density at radius 3 is 2.65 bits per heavy atom. The van der Waals surface area contributed by atoms with Crippen LogP contribution in [-0.2, 0) is 4.74 Å². The number of morpholine rings is 1. The molecule has 1 saturated heterocycles. The maximum atomic E-state index is 5.27. The number of hydrogen-bond donors (Lipinski definition) is 0. The van der Waals surface area contributed by atoms with E-state index in [-0.39, 0.29) is 0 Å². The predicted molar refractivity (Wildman–Crippen MR) is 71.1 cm³/mol. The molecule has 6 heteroatoms. The second kappa shape index (κ2) is 8.09. The molecule has 0 N–H and O–H groups in total. The molecule has 1 aromatic heterocycles. The van der Waals surface area contributed by atoms with Crippen LogP contribution in [0, 0.1) is 6.92 Å². The zero-order valence-electron chi connectivity index (χ0n) is 10.4. The summed E-state index contributed by atoms with van der Waals surface area (Å²) < 4.78 is 8.81. The number of nitrogens with zero attached hydrogens (tertiary/aromatic N) is 4. The molecule has 1 aliphatic heterocycles. The minimum absolute atomic E-state index is 0.795. The zero-order chi connectivity index (χ0) is 12.5. The average Bonchev–Trinajstić information content (AvgIpc) is 2.40. The van der Waals surface area contributed by atoms with E-state index < -0.39 is 0 Å². The van der Waals surface area contributed by atoms with Gasteiger partial charge in [-0.3, -0.25) is 4.74 Å². The van der Waals surface area contributed by atoms with E-state index in [1.807, 2.05) is 19.9 Å². The van der Waals surface area contributed by atoms with Crippen molar-refractivity contribution in [2.45, 2.75) is 13.8 Å². The lowest BCUT2D eigenvalue weighted by molar-refractivity contribution is 0.122. The first-order valence-electron chi connectivity index (χ1n) is 5.73. The third kappa shape index (κ3) is 5.20. The molecule has 0 spiro atoms. The van der Waals surface area contributed by atoms with Crippen molar-refractivity contribution in [2.75, 3.05) is 37.7 Å². The van der Waals surface area contributed by atoms with Crippen molar-refractivity contribution >= 4 is 14.8 Å². The highest BCUT2D eigenvalue weighted by atomic mass is 31.0. The summed E-state index contributed by atoms with van der Waals surface area (Å²) in [5, 5.41) is 0. The fourth-order valence-electron chi connectivity index (χ4n) is 1.41. The molecule has 0 aromatic carbocycles. The van der Waals surface area contributed by atoms with Crippen LogP contribution in [0.25, 0.3) is 0 Å². The normalized spacial score (nSPS) is 14.8. The maximum Gasteiger partial charge on any atom is 0.132 e. The number of rotatable bonds is 2. The Labute approximate surface area is 105 Å². The van der Waals surface area contributed by atoms with Gasteiger partial charge in [0, 0.05) is 25.8 Å². The molecule has 0 saturated carbocycles. The van der Waals surface area contributed by atoms with Gasteiger partial charge in [-0.15, -0.1) is 0 Å². The van der Waals surface area contributed by atoms with Crippen molar-refractivity contribution in [3.05, 3.63) is 18.1 Å². The molecule has 0 radical (unpaired) electrons. The van der Waals surface area contributed by atoms with Gasteiger partial charge in [0.25, 0.3) is 0 Å². The van der Waals surface area contributed by atoms with Crippen LogP contribution in [-0.4, -0.2) is 42.8 Å². The third-order valence-electron chi connectivity index (χ3n) is 2.25. The predicted octanol–water partition coefficient (Wildman–Crippen LogP) is 1.95. The molecule has 0 unspecified atom stereocenters. The highest BCUT2D eigenvalue weighted by Gasteiger charge is 2.11. The quantitative estimate of drug-likeness (QED) is 0.757. The van der Waals surface area contributed by atoms with E-state index in [9.17, 15) is 0 Å². The molecule has 94 valence electrons. The lowest BCUT2D eigenvalue weighted by atomic mass is 10.4. The van der Waals surface area contributed by atoms with E-state index >= 15 is 0 Å². The molecule has 17 heavy (non-hydrogen) atoms. The van der Waals surface area contributed by atoms with Gasteiger partial charge in [-0.2, -0.15) is 0 Å². The van der Waals surface area contributed by atoms with Crippen molar-refractivity contribution in [1.82, 2.24) is 9.97 Å². The van der Waals surface area contributed by atoms with Crippen LogP contribution in [0.15, 0.2) is 17.0 Å². The van der Waals surface area contributed by atoms with Crippen LogP contribution >= 0.6 is 9.03 Å². The second-order valence-corrected chi connectivity index (χ2v) is 3.85. The molecule has 2 rings (SSSR count). The van der Waals surface area contributed by atoms with Gasteiger partial charge in [0.05, 0.1) is 13.2 Å². The maximum absolute atomic E-state index is 5.27. The summed E-state index contributed by atoms with van der Waals surface area (Å²) in [6.45, 7) is 8.17. The molecular weight excluding hydrogens is 235 g/mol. The van der Waals surface area contributed by atoms with Crippen molar-refractivity contribution < 1.29 is 4.74 Å². The minimum Gasteiger partial charge on any atom is -0.378 e. The van der Waals surface area contributed by atoms with Gasteiger partial charge in [0.15, 0.2) is 0 Å². The van der Waals surface area contributed by atoms with Crippen LogP contribution in [0.4, 0.5) is 5.82 Å². The summed E-state index contributed by atoms with van der Waals surface area (Å²) in [6, 6.07) is 1.94. The fourth-order valence-corrected chi connectivity index (χ4v) is 1.41. The van der Waals surface area contributed by atoms with Crippen LogP contribution < -0.4 is 4.90 Å². The van der Waals surface area contributed by atoms with E-state index in [1.54, 1.807) is 6.20 Å². The molecule has 0 aliphatic carbocycles. The highest BCUT2D eigenvalue weighted by molar-refractivity contribution is 7.03. The number of aryl methyl sites for hydroxylation is 1. The van der Waals surface area contributed by atoms with Crippen LogP contribution in [0.1, 0.15) is 12.7 Å². The van der Waals surface area contributed by atoms with E-state index in [2.05, 4.69) is 28.6 Å². The van der Waals surface area contributed by atoms with Crippen LogP contribution in [0.2, 0.25) is 0 Å². The van der Waals surface area contributed by atoms with E-state index in [0.717, 1.165) is 44.5 Å². The SMILES string of the molecule is CCN=P.Cc1nccc(N2CCOCC2)n1.